The van der Waals surface area contributed by atoms with Crippen molar-refractivity contribution in [3.63, 3.8) is 0 Å². The summed E-state index contributed by atoms with van der Waals surface area (Å²) in [6, 6.07) is 1.97. The second-order valence-corrected chi connectivity index (χ2v) is 7.78. The zero-order valence-electron chi connectivity index (χ0n) is 10.8. The lowest BCUT2D eigenvalue weighted by Crippen LogP contribution is -2.25. The summed E-state index contributed by atoms with van der Waals surface area (Å²) in [6.07, 6.45) is 0. The van der Waals surface area contributed by atoms with Crippen molar-refractivity contribution < 1.29 is 0 Å². The summed E-state index contributed by atoms with van der Waals surface area (Å²) in [4.78, 5) is 8.08. The van der Waals surface area contributed by atoms with Crippen LogP contribution >= 0.6 is 34.3 Å². The third kappa shape index (κ3) is 2.11. The number of nitrogens with zero attached hydrogens (tertiary/aromatic N) is 2. The molecule has 2 unspecified atom stereocenters. The van der Waals surface area contributed by atoms with Crippen LogP contribution in [0, 0.1) is 11.8 Å². The number of anilines is 2. The molecule has 2 aliphatic rings. The zero-order chi connectivity index (χ0) is 13.7. The van der Waals surface area contributed by atoms with E-state index in [2.05, 4.69) is 15.2 Å². The summed E-state index contributed by atoms with van der Waals surface area (Å²) in [5.41, 5.74) is 6.94. The summed E-state index contributed by atoms with van der Waals surface area (Å²) in [7, 11) is 0. The normalized spacial score (nSPS) is 25.4. The summed E-state index contributed by atoms with van der Waals surface area (Å²) >= 11 is 9.26. The van der Waals surface area contributed by atoms with E-state index in [9.17, 15) is 0 Å². The third-order valence-corrected chi connectivity index (χ3v) is 6.33. The Morgan fingerprint density at radius 1 is 1.35 bits per heavy atom. The number of hydrogen-bond donors (Lipinski definition) is 2. The van der Waals surface area contributed by atoms with Crippen LogP contribution in [-0.4, -0.2) is 31.2 Å². The average molecular weight is 327 g/mol. The van der Waals surface area contributed by atoms with E-state index in [0.717, 1.165) is 53.6 Å². The Kier molecular flexibility index (Phi) is 3.14. The smallest absolute Gasteiger partial charge is 0.182 e. The predicted octanol–water partition coefficient (Wildman–Crippen LogP) is 2.76. The number of hydrogen-bond acceptors (Lipinski definition) is 6. The minimum atomic E-state index is 0.634. The van der Waals surface area contributed by atoms with Gasteiger partial charge in [0.2, 0.25) is 0 Å². The predicted molar refractivity (Wildman–Crippen MR) is 86.9 cm³/mol. The minimum absolute atomic E-state index is 0.634. The van der Waals surface area contributed by atoms with Gasteiger partial charge in [-0.3, -0.25) is 0 Å². The van der Waals surface area contributed by atoms with Crippen LogP contribution in [0.25, 0.3) is 10.6 Å². The van der Waals surface area contributed by atoms with Crippen LogP contribution in [0.2, 0.25) is 5.02 Å². The molecule has 2 saturated heterocycles. The van der Waals surface area contributed by atoms with E-state index in [0.29, 0.717) is 5.13 Å². The van der Waals surface area contributed by atoms with Gasteiger partial charge in [-0.2, -0.15) is 0 Å². The van der Waals surface area contributed by atoms with Crippen LogP contribution < -0.4 is 16.0 Å². The van der Waals surface area contributed by atoms with Gasteiger partial charge in [0.15, 0.2) is 5.13 Å². The molecule has 2 aromatic heterocycles. The maximum absolute atomic E-state index is 6.04. The van der Waals surface area contributed by atoms with Crippen molar-refractivity contribution in [1.29, 1.82) is 0 Å². The summed E-state index contributed by atoms with van der Waals surface area (Å²) in [5, 5.41) is 8.02. The molecule has 2 atom stereocenters. The van der Waals surface area contributed by atoms with Crippen LogP contribution in [0.3, 0.4) is 0 Å². The first kappa shape index (κ1) is 12.9. The van der Waals surface area contributed by atoms with Gasteiger partial charge in [0.25, 0.3) is 0 Å². The SMILES string of the molecule is Nc1nc(-c2cc(Cl)cs2)c(N2CC3CNCC3C2)s1. The van der Waals surface area contributed by atoms with Crippen LogP contribution in [0.4, 0.5) is 10.1 Å². The van der Waals surface area contributed by atoms with Crippen molar-refractivity contribution >= 4 is 44.4 Å². The van der Waals surface area contributed by atoms with Gasteiger partial charge in [0.1, 0.15) is 10.7 Å². The van der Waals surface area contributed by atoms with E-state index in [1.54, 1.807) is 22.7 Å². The lowest BCUT2D eigenvalue weighted by Gasteiger charge is -2.18. The van der Waals surface area contributed by atoms with Crippen LogP contribution in [0.1, 0.15) is 0 Å². The molecule has 2 aromatic rings. The summed E-state index contributed by atoms with van der Waals surface area (Å²) < 4.78 is 0. The highest BCUT2D eigenvalue weighted by atomic mass is 35.5. The number of thiazole rings is 1. The monoisotopic (exact) mass is 326 g/mol. The third-order valence-electron chi connectivity index (χ3n) is 4.10. The van der Waals surface area contributed by atoms with Crippen LogP contribution in [0.15, 0.2) is 11.4 Å². The first-order chi connectivity index (χ1) is 9.70. The Balaban J connectivity index is 1.68. The molecule has 0 radical (unpaired) electrons. The fraction of sp³-hybridized carbons (Fsp3) is 0.462. The van der Waals surface area contributed by atoms with E-state index in [1.807, 2.05) is 11.4 Å². The number of aromatic nitrogens is 1. The molecule has 4 heterocycles. The van der Waals surface area contributed by atoms with Gasteiger partial charge in [0, 0.05) is 31.6 Å². The summed E-state index contributed by atoms with van der Waals surface area (Å²) in [6.45, 7) is 4.47. The van der Waals surface area contributed by atoms with Crippen LogP contribution in [-0.2, 0) is 0 Å². The molecule has 3 N–H and O–H groups in total. The van der Waals surface area contributed by atoms with E-state index in [4.69, 9.17) is 17.3 Å². The number of nitrogens with one attached hydrogen (secondary N) is 1. The maximum Gasteiger partial charge on any atom is 0.182 e. The highest BCUT2D eigenvalue weighted by Gasteiger charge is 2.37. The zero-order valence-corrected chi connectivity index (χ0v) is 13.2. The summed E-state index contributed by atoms with van der Waals surface area (Å²) in [5.74, 6) is 1.52. The van der Waals surface area contributed by atoms with Gasteiger partial charge in [0.05, 0.1) is 9.90 Å². The van der Waals surface area contributed by atoms with Crippen molar-refractivity contribution in [3.05, 3.63) is 16.5 Å². The molecule has 0 bridgehead atoms. The first-order valence-corrected chi connectivity index (χ1v) is 8.74. The first-order valence-electron chi connectivity index (χ1n) is 6.67. The molecule has 0 aliphatic carbocycles. The Bertz CT molecular complexity index is 626. The van der Waals surface area contributed by atoms with E-state index in [-0.39, 0.29) is 0 Å². The largest absolute Gasteiger partial charge is 0.375 e. The van der Waals surface area contributed by atoms with Crippen molar-refractivity contribution in [3.8, 4) is 10.6 Å². The van der Waals surface area contributed by atoms with Crippen LogP contribution in [0.5, 0.6) is 0 Å². The van der Waals surface area contributed by atoms with Crippen molar-refractivity contribution in [2.75, 3.05) is 36.8 Å². The number of rotatable bonds is 2. The molecule has 2 fully saturated rings. The molecule has 2 aliphatic heterocycles. The molecule has 4 rings (SSSR count). The number of nitrogens with two attached hydrogens (primary N) is 1. The fourth-order valence-corrected chi connectivity index (χ4v) is 5.16. The molecule has 7 heteroatoms. The van der Waals surface area contributed by atoms with Gasteiger partial charge < -0.3 is 16.0 Å². The van der Waals surface area contributed by atoms with Gasteiger partial charge in [-0.1, -0.05) is 22.9 Å². The Morgan fingerprint density at radius 2 is 2.10 bits per heavy atom. The van der Waals surface area contributed by atoms with E-state index >= 15 is 0 Å². The Hall–Kier alpha value is -0.820. The number of nitrogen functional groups attached to an aromatic ring is 1. The number of thiophene rings is 1. The Morgan fingerprint density at radius 3 is 2.75 bits per heavy atom. The lowest BCUT2D eigenvalue weighted by molar-refractivity contribution is 0.533. The highest BCUT2D eigenvalue weighted by Crippen LogP contribution is 2.43. The molecule has 0 aromatic carbocycles. The quantitative estimate of drug-likeness (QED) is 0.891. The minimum Gasteiger partial charge on any atom is -0.375 e. The topological polar surface area (TPSA) is 54.2 Å². The van der Waals surface area contributed by atoms with Gasteiger partial charge >= 0.3 is 0 Å². The average Bonchev–Trinajstić information content (AvgIpc) is 3.09. The van der Waals surface area contributed by atoms with Gasteiger partial charge in [-0.15, -0.1) is 11.3 Å². The number of fused-ring (bicyclic) bond motifs is 1. The second kappa shape index (κ2) is 4.87. The molecule has 106 valence electrons. The second-order valence-electron chi connectivity index (χ2n) is 5.42. The van der Waals surface area contributed by atoms with Gasteiger partial charge in [-0.25, -0.2) is 4.98 Å². The molecule has 0 amide bonds. The van der Waals surface area contributed by atoms with E-state index in [1.165, 1.54) is 5.00 Å². The fourth-order valence-electron chi connectivity index (χ4n) is 3.16. The molecule has 4 nitrogen and oxygen atoms in total. The molecule has 20 heavy (non-hydrogen) atoms. The molecule has 0 spiro atoms. The standard InChI is InChI=1S/C13H15ClN4S2/c14-9-1-10(19-6-9)11-12(20-13(15)17-11)18-4-7-2-16-3-8(7)5-18/h1,6-8,16H,2-5H2,(H2,15,17). The van der Waals surface area contributed by atoms with Crippen molar-refractivity contribution in [2.45, 2.75) is 0 Å². The molecular weight excluding hydrogens is 312 g/mol. The van der Waals surface area contributed by atoms with Gasteiger partial charge in [-0.05, 0) is 17.9 Å². The Labute approximate surface area is 130 Å². The van der Waals surface area contributed by atoms with Crippen molar-refractivity contribution in [2.24, 2.45) is 11.8 Å². The molecule has 0 saturated carbocycles. The molecular formula is C13H15ClN4S2. The highest BCUT2D eigenvalue weighted by molar-refractivity contribution is 7.20. The maximum atomic E-state index is 6.04. The van der Waals surface area contributed by atoms with Crippen molar-refractivity contribution in [1.82, 2.24) is 10.3 Å². The number of halogens is 1. The van der Waals surface area contributed by atoms with E-state index < -0.39 is 0 Å². The lowest BCUT2D eigenvalue weighted by atomic mass is 10.0.